The summed E-state index contributed by atoms with van der Waals surface area (Å²) in [7, 11) is 0. The minimum atomic E-state index is -0.108. The number of rotatable bonds is 4. The van der Waals surface area contributed by atoms with Crippen molar-refractivity contribution < 1.29 is 4.79 Å². The first-order valence-electron chi connectivity index (χ1n) is 7.51. The summed E-state index contributed by atoms with van der Waals surface area (Å²) >= 11 is 5.60. The molecule has 0 unspecified atom stereocenters. The summed E-state index contributed by atoms with van der Waals surface area (Å²) in [5, 5.41) is -0.108. The van der Waals surface area contributed by atoms with Gasteiger partial charge in [-0.05, 0) is 87.1 Å². The minimum absolute atomic E-state index is 0.108. The van der Waals surface area contributed by atoms with Crippen LogP contribution in [0.5, 0.6) is 0 Å². The first-order valence-corrected chi connectivity index (χ1v) is 7.88. The minimum Gasteiger partial charge on any atom is -0.281 e. The normalized spacial score (nSPS) is 37.2. The molecule has 0 amide bonds. The van der Waals surface area contributed by atoms with Crippen LogP contribution in [0.3, 0.4) is 0 Å². The number of hydrogen-bond acceptors (Lipinski definition) is 1. The lowest BCUT2D eigenvalue weighted by Gasteiger charge is -2.37. The molecular formula is C16H25ClO. The van der Waals surface area contributed by atoms with Crippen molar-refractivity contribution in [3.8, 4) is 0 Å². The average molecular weight is 269 g/mol. The second kappa shape index (κ2) is 6.75. The van der Waals surface area contributed by atoms with E-state index in [1.165, 1.54) is 44.9 Å². The van der Waals surface area contributed by atoms with Gasteiger partial charge in [0.1, 0.15) is 0 Å². The predicted molar refractivity (Wildman–Crippen MR) is 76.6 cm³/mol. The van der Waals surface area contributed by atoms with Gasteiger partial charge in [0.05, 0.1) is 0 Å². The maximum atomic E-state index is 11.2. The molecule has 102 valence electrons. The molecule has 0 aliphatic heterocycles. The predicted octanol–water partition coefficient (Wildman–Crippen LogP) is 4.94. The van der Waals surface area contributed by atoms with Gasteiger partial charge in [-0.2, -0.15) is 0 Å². The van der Waals surface area contributed by atoms with Gasteiger partial charge in [0.15, 0.2) is 0 Å². The van der Waals surface area contributed by atoms with Crippen molar-refractivity contribution in [2.75, 3.05) is 0 Å². The number of allylic oxidation sites excluding steroid dienone is 1. The molecule has 2 aliphatic carbocycles. The lowest BCUT2D eigenvalue weighted by molar-refractivity contribution is -0.116. The Bertz CT molecular complexity index is 283. The quantitative estimate of drug-likeness (QED) is 0.521. The molecule has 0 atom stereocenters. The Balaban J connectivity index is 1.74. The largest absolute Gasteiger partial charge is 0.281 e. The molecule has 18 heavy (non-hydrogen) atoms. The molecule has 2 aliphatic rings. The van der Waals surface area contributed by atoms with Crippen LogP contribution in [0, 0.1) is 23.7 Å². The summed E-state index contributed by atoms with van der Waals surface area (Å²) in [5.41, 5.74) is 0. The molecule has 0 aromatic rings. The van der Waals surface area contributed by atoms with Crippen LogP contribution < -0.4 is 0 Å². The second-order valence-corrected chi connectivity index (χ2v) is 6.59. The summed E-state index contributed by atoms with van der Waals surface area (Å²) in [6, 6.07) is 0. The Kier molecular flexibility index (Phi) is 5.29. The zero-order chi connectivity index (χ0) is 13.0. The highest BCUT2D eigenvalue weighted by Crippen LogP contribution is 2.42. The SMILES string of the molecule is C=CC[C@H]1CC[C@H](C2CCC(C(=O)Cl)CC2)CC1. The summed E-state index contributed by atoms with van der Waals surface area (Å²) in [4.78, 5) is 11.2. The number of hydrogen-bond donors (Lipinski definition) is 0. The number of carbonyl (C=O) groups excluding carboxylic acids is 1. The van der Waals surface area contributed by atoms with Crippen LogP contribution in [0.2, 0.25) is 0 Å². The summed E-state index contributed by atoms with van der Waals surface area (Å²) in [6.45, 7) is 3.84. The van der Waals surface area contributed by atoms with Gasteiger partial charge in [0, 0.05) is 5.92 Å². The Labute approximate surface area is 116 Å². The summed E-state index contributed by atoms with van der Waals surface area (Å²) in [5.74, 6) is 2.82. The van der Waals surface area contributed by atoms with Gasteiger partial charge in [-0.3, -0.25) is 4.79 Å². The van der Waals surface area contributed by atoms with E-state index in [2.05, 4.69) is 12.7 Å². The van der Waals surface area contributed by atoms with Crippen LogP contribution >= 0.6 is 11.6 Å². The molecule has 0 spiro atoms. The standard InChI is InChI=1S/C16H25ClO/c1-2-3-12-4-6-13(7-5-12)14-8-10-15(11-9-14)16(17)18/h2,12-15H,1,3-11H2/t12-,13-,14?,15?. The van der Waals surface area contributed by atoms with Crippen LogP contribution in [0.15, 0.2) is 12.7 Å². The van der Waals surface area contributed by atoms with Gasteiger partial charge in [-0.1, -0.05) is 6.08 Å². The molecular weight excluding hydrogens is 244 g/mol. The molecule has 1 nitrogen and oxygen atoms in total. The fourth-order valence-corrected chi connectivity index (χ4v) is 4.17. The topological polar surface area (TPSA) is 17.1 Å². The lowest BCUT2D eigenvalue weighted by Crippen LogP contribution is -2.27. The van der Waals surface area contributed by atoms with E-state index in [1.54, 1.807) is 0 Å². The van der Waals surface area contributed by atoms with E-state index in [1.807, 2.05) is 0 Å². The van der Waals surface area contributed by atoms with Crippen molar-refractivity contribution in [2.24, 2.45) is 23.7 Å². The van der Waals surface area contributed by atoms with Crippen molar-refractivity contribution in [3.63, 3.8) is 0 Å². The number of halogens is 1. The Morgan fingerprint density at radius 3 is 1.94 bits per heavy atom. The van der Waals surface area contributed by atoms with Crippen LogP contribution in [0.4, 0.5) is 0 Å². The molecule has 2 rings (SSSR count). The van der Waals surface area contributed by atoms with E-state index in [0.717, 1.165) is 30.6 Å². The van der Waals surface area contributed by atoms with Crippen molar-refractivity contribution in [1.82, 2.24) is 0 Å². The molecule has 2 fully saturated rings. The number of carbonyl (C=O) groups is 1. The van der Waals surface area contributed by atoms with E-state index in [9.17, 15) is 4.79 Å². The van der Waals surface area contributed by atoms with Crippen LogP contribution in [0.1, 0.15) is 57.8 Å². The zero-order valence-electron chi connectivity index (χ0n) is 11.2. The van der Waals surface area contributed by atoms with E-state index in [4.69, 9.17) is 11.6 Å². The van der Waals surface area contributed by atoms with Gasteiger partial charge in [0.25, 0.3) is 0 Å². The third-order valence-corrected chi connectivity index (χ3v) is 5.46. The van der Waals surface area contributed by atoms with Gasteiger partial charge in [-0.25, -0.2) is 0 Å². The van der Waals surface area contributed by atoms with E-state index < -0.39 is 0 Å². The van der Waals surface area contributed by atoms with Crippen molar-refractivity contribution in [3.05, 3.63) is 12.7 Å². The highest BCUT2D eigenvalue weighted by Gasteiger charge is 2.32. The molecule has 0 bridgehead atoms. The van der Waals surface area contributed by atoms with Crippen molar-refractivity contribution in [2.45, 2.75) is 57.8 Å². The van der Waals surface area contributed by atoms with Crippen LogP contribution in [0.25, 0.3) is 0 Å². The van der Waals surface area contributed by atoms with Crippen molar-refractivity contribution >= 4 is 16.8 Å². The van der Waals surface area contributed by atoms with Gasteiger partial charge >= 0.3 is 0 Å². The lowest BCUT2D eigenvalue weighted by atomic mass is 9.69. The highest BCUT2D eigenvalue weighted by atomic mass is 35.5. The van der Waals surface area contributed by atoms with Gasteiger partial charge < -0.3 is 0 Å². The smallest absolute Gasteiger partial charge is 0.224 e. The fraction of sp³-hybridized carbons (Fsp3) is 0.812. The third kappa shape index (κ3) is 3.60. The molecule has 0 N–H and O–H groups in total. The van der Waals surface area contributed by atoms with E-state index in [0.29, 0.717) is 0 Å². The third-order valence-electron chi connectivity index (χ3n) is 5.15. The van der Waals surface area contributed by atoms with E-state index >= 15 is 0 Å². The average Bonchev–Trinajstić information content (AvgIpc) is 2.40. The van der Waals surface area contributed by atoms with Crippen LogP contribution in [-0.4, -0.2) is 5.24 Å². The van der Waals surface area contributed by atoms with Gasteiger partial charge in [0.2, 0.25) is 5.24 Å². The molecule has 2 heteroatoms. The molecule has 0 saturated heterocycles. The first-order chi connectivity index (χ1) is 8.70. The Morgan fingerprint density at radius 2 is 1.50 bits per heavy atom. The van der Waals surface area contributed by atoms with Crippen molar-refractivity contribution in [1.29, 1.82) is 0 Å². The van der Waals surface area contributed by atoms with Crippen LogP contribution in [-0.2, 0) is 4.79 Å². The second-order valence-electron chi connectivity index (χ2n) is 6.22. The Morgan fingerprint density at radius 1 is 1.00 bits per heavy atom. The monoisotopic (exact) mass is 268 g/mol. The zero-order valence-corrected chi connectivity index (χ0v) is 12.0. The molecule has 0 aromatic carbocycles. The summed E-state index contributed by atoms with van der Waals surface area (Å²) in [6.07, 6.45) is 13.3. The summed E-state index contributed by atoms with van der Waals surface area (Å²) < 4.78 is 0. The maximum absolute atomic E-state index is 11.2. The Hall–Kier alpha value is -0.300. The molecule has 0 heterocycles. The first kappa shape index (κ1) is 14.1. The fourth-order valence-electron chi connectivity index (χ4n) is 3.95. The van der Waals surface area contributed by atoms with E-state index in [-0.39, 0.29) is 11.2 Å². The molecule has 0 radical (unpaired) electrons. The molecule has 0 aromatic heterocycles. The molecule has 2 saturated carbocycles. The van der Waals surface area contributed by atoms with Gasteiger partial charge in [-0.15, -0.1) is 6.58 Å². The maximum Gasteiger partial charge on any atom is 0.224 e. The highest BCUT2D eigenvalue weighted by molar-refractivity contribution is 6.63.